The van der Waals surface area contributed by atoms with Crippen molar-refractivity contribution in [2.24, 2.45) is 0 Å². The molecule has 1 atom stereocenters. The molecule has 0 saturated carbocycles. The zero-order chi connectivity index (χ0) is 32.5. The van der Waals surface area contributed by atoms with Crippen LogP contribution in [-0.2, 0) is 45.5 Å². The van der Waals surface area contributed by atoms with E-state index < -0.39 is 16.1 Å². The summed E-state index contributed by atoms with van der Waals surface area (Å²) in [7, 11) is -3.58. The van der Waals surface area contributed by atoms with Crippen LogP contribution in [0, 0.1) is 0 Å². The molecule has 4 aromatic rings. The van der Waals surface area contributed by atoms with Gasteiger partial charge in [0, 0.05) is 37.5 Å². The minimum Gasteiger partial charge on any atom is -0.454 e. The molecule has 0 bridgehead atoms. The van der Waals surface area contributed by atoms with Crippen molar-refractivity contribution in [3.8, 4) is 11.5 Å². The molecule has 46 heavy (non-hydrogen) atoms. The Bertz CT molecular complexity index is 1750. The van der Waals surface area contributed by atoms with Gasteiger partial charge in [-0.15, -0.1) is 0 Å². The molecule has 11 heteroatoms. The van der Waals surface area contributed by atoms with E-state index in [4.69, 9.17) is 21.1 Å². The number of nitrogens with one attached hydrogen (secondary N) is 2. The molecule has 2 N–H and O–H groups in total. The van der Waals surface area contributed by atoms with Crippen LogP contribution in [0.5, 0.6) is 11.5 Å². The summed E-state index contributed by atoms with van der Waals surface area (Å²) in [5, 5.41) is 3.60. The molecular weight excluding hydrogens is 626 g/mol. The minimum absolute atomic E-state index is 0.119. The van der Waals surface area contributed by atoms with Crippen LogP contribution < -0.4 is 19.5 Å². The van der Waals surface area contributed by atoms with Crippen LogP contribution >= 0.6 is 11.6 Å². The van der Waals surface area contributed by atoms with E-state index in [2.05, 4.69) is 10.0 Å². The van der Waals surface area contributed by atoms with Crippen molar-refractivity contribution in [1.29, 1.82) is 0 Å². The third kappa shape index (κ3) is 8.66. The van der Waals surface area contributed by atoms with Crippen LogP contribution in [0.2, 0.25) is 5.02 Å². The highest BCUT2D eigenvalue weighted by Crippen LogP contribution is 2.32. The molecule has 0 spiro atoms. The third-order valence-corrected chi connectivity index (χ3v) is 9.45. The van der Waals surface area contributed by atoms with Gasteiger partial charge in [-0.25, -0.2) is 13.1 Å². The Kier molecular flexibility index (Phi) is 11.0. The van der Waals surface area contributed by atoms with E-state index in [-0.39, 0.29) is 49.6 Å². The van der Waals surface area contributed by atoms with E-state index in [0.717, 1.165) is 22.3 Å². The first-order valence-electron chi connectivity index (χ1n) is 15.0. The molecule has 4 aromatic carbocycles. The molecule has 0 aromatic heterocycles. The van der Waals surface area contributed by atoms with Crippen molar-refractivity contribution >= 4 is 33.4 Å². The number of benzene rings is 4. The van der Waals surface area contributed by atoms with E-state index in [9.17, 15) is 18.0 Å². The van der Waals surface area contributed by atoms with Gasteiger partial charge in [-0.05, 0) is 65.1 Å². The van der Waals surface area contributed by atoms with Crippen LogP contribution in [0.4, 0.5) is 0 Å². The van der Waals surface area contributed by atoms with Crippen molar-refractivity contribution in [2.45, 2.75) is 50.2 Å². The number of hydrogen-bond donors (Lipinski definition) is 2. The number of carbonyl (C=O) groups is 2. The lowest BCUT2D eigenvalue weighted by molar-refractivity contribution is -0.141. The quantitative estimate of drug-likeness (QED) is 0.191. The van der Waals surface area contributed by atoms with Crippen LogP contribution in [0.1, 0.15) is 35.6 Å². The Morgan fingerprint density at radius 2 is 1.52 bits per heavy atom. The molecule has 0 unspecified atom stereocenters. The zero-order valence-corrected chi connectivity index (χ0v) is 27.0. The fourth-order valence-electron chi connectivity index (χ4n) is 5.20. The molecule has 1 aliphatic heterocycles. The number of ether oxygens (including phenoxy) is 2. The van der Waals surface area contributed by atoms with E-state index in [1.165, 1.54) is 12.1 Å². The predicted molar refractivity (Wildman–Crippen MR) is 176 cm³/mol. The van der Waals surface area contributed by atoms with E-state index >= 15 is 0 Å². The van der Waals surface area contributed by atoms with Crippen LogP contribution in [-0.4, -0.2) is 44.5 Å². The van der Waals surface area contributed by atoms with Crippen LogP contribution in [0.15, 0.2) is 102 Å². The van der Waals surface area contributed by atoms with Gasteiger partial charge in [0.1, 0.15) is 6.04 Å². The molecule has 5 rings (SSSR count). The predicted octanol–water partition coefficient (Wildman–Crippen LogP) is 5.26. The van der Waals surface area contributed by atoms with Crippen LogP contribution in [0.3, 0.4) is 0 Å². The second kappa shape index (κ2) is 15.3. The summed E-state index contributed by atoms with van der Waals surface area (Å²) < 4.78 is 38.1. The second-order valence-corrected chi connectivity index (χ2v) is 13.1. The number of amides is 2. The first-order chi connectivity index (χ1) is 22.2. The maximum absolute atomic E-state index is 14.0. The minimum atomic E-state index is -3.58. The van der Waals surface area contributed by atoms with Crippen molar-refractivity contribution in [3.05, 3.63) is 124 Å². The number of carbonyl (C=O) groups excluding carboxylic acids is 2. The molecule has 0 aliphatic carbocycles. The third-order valence-electron chi connectivity index (χ3n) is 7.64. The number of rotatable bonds is 14. The number of fused-ring (bicyclic) bond motifs is 1. The SMILES string of the molecule is CCNS(=O)(=O)c1ccc(CCC(=O)N(Cc2ccc(Cl)cc2)[C@H](Cc2ccccc2)C(=O)NCc2ccc3c(c2)OCO3)cc1. The highest BCUT2D eigenvalue weighted by Gasteiger charge is 2.30. The lowest BCUT2D eigenvalue weighted by Crippen LogP contribution is -2.50. The van der Waals surface area contributed by atoms with Gasteiger partial charge in [0.15, 0.2) is 11.5 Å². The van der Waals surface area contributed by atoms with Gasteiger partial charge in [-0.3, -0.25) is 9.59 Å². The Labute approximate surface area is 274 Å². The molecule has 0 fully saturated rings. The summed E-state index contributed by atoms with van der Waals surface area (Å²) in [5.74, 6) is 0.783. The molecular formula is C35H36ClN3O6S. The van der Waals surface area contributed by atoms with Crippen LogP contribution in [0.25, 0.3) is 0 Å². The van der Waals surface area contributed by atoms with Crippen molar-refractivity contribution in [2.75, 3.05) is 13.3 Å². The zero-order valence-electron chi connectivity index (χ0n) is 25.4. The number of nitrogens with zero attached hydrogens (tertiary/aromatic N) is 1. The lowest BCUT2D eigenvalue weighted by Gasteiger charge is -2.32. The number of sulfonamides is 1. The van der Waals surface area contributed by atoms with Crippen molar-refractivity contribution in [1.82, 2.24) is 14.9 Å². The molecule has 2 amide bonds. The standard InChI is InChI=1S/C35H36ClN3O6S/c1-2-38-46(42,43)30-16-10-25(11-17-30)13-19-34(40)39(23-27-8-14-29(36)15-9-27)31(20-26-6-4-3-5-7-26)35(41)37-22-28-12-18-32-33(21-28)45-24-44-32/h3-12,14-18,21,31,38H,2,13,19-20,22-24H2,1H3,(H,37,41)/t31-/m1/s1. The summed E-state index contributed by atoms with van der Waals surface area (Å²) in [6, 6.07) is 28.0. The van der Waals surface area contributed by atoms with Gasteiger partial charge in [-0.2, -0.15) is 0 Å². The number of aryl methyl sites for hydroxylation is 1. The molecule has 0 radical (unpaired) electrons. The maximum Gasteiger partial charge on any atom is 0.243 e. The fraction of sp³-hybridized carbons (Fsp3) is 0.257. The number of hydrogen-bond acceptors (Lipinski definition) is 6. The number of halogens is 1. The topological polar surface area (TPSA) is 114 Å². The Morgan fingerprint density at radius 3 is 2.24 bits per heavy atom. The largest absolute Gasteiger partial charge is 0.454 e. The van der Waals surface area contributed by atoms with E-state index in [1.807, 2.05) is 60.7 Å². The maximum atomic E-state index is 14.0. The Balaban J connectivity index is 1.37. The monoisotopic (exact) mass is 661 g/mol. The van der Waals surface area contributed by atoms with Gasteiger partial charge in [0.25, 0.3) is 0 Å². The van der Waals surface area contributed by atoms with E-state index in [1.54, 1.807) is 36.1 Å². The average Bonchev–Trinajstić information content (AvgIpc) is 3.54. The summed E-state index contributed by atoms with van der Waals surface area (Å²) in [5.41, 5.74) is 3.39. The van der Waals surface area contributed by atoms with Gasteiger partial charge in [0.05, 0.1) is 4.90 Å². The van der Waals surface area contributed by atoms with Gasteiger partial charge in [0.2, 0.25) is 28.6 Å². The summed E-state index contributed by atoms with van der Waals surface area (Å²) >= 11 is 6.14. The molecule has 1 aliphatic rings. The fourth-order valence-corrected chi connectivity index (χ4v) is 6.37. The normalized spacial score (nSPS) is 12.8. The van der Waals surface area contributed by atoms with Gasteiger partial charge < -0.3 is 19.7 Å². The summed E-state index contributed by atoms with van der Waals surface area (Å²) in [6.07, 6.45) is 0.798. The second-order valence-electron chi connectivity index (χ2n) is 10.9. The van der Waals surface area contributed by atoms with Gasteiger partial charge in [-0.1, -0.05) is 79.2 Å². The first-order valence-corrected chi connectivity index (χ1v) is 16.9. The first kappa shape index (κ1) is 33.0. The smallest absolute Gasteiger partial charge is 0.243 e. The lowest BCUT2D eigenvalue weighted by atomic mass is 10.0. The summed E-state index contributed by atoms with van der Waals surface area (Å²) in [6.45, 7) is 2.61. The average molecular weight is 662 g/mol. The highest BCUT2D eigenvalue weighted by molar-refractivity contribution is 7.89. The van der Waals surface area contributed by atoms with Crippen molar-refractivity contribution in [3.63, 3.8) is 0 Å². The van der Waals surface area contributed by atoms with Gasteiger partial charge >= 0.3 is 0 Å². The molecule has 240 valence electrons. The summed E-state index contributed by atoms with van der Waals surface area (Å²) in [4.78, 5) is 29.8. The molecule has 9 nitrogen and oxygen atoms in total. The highest BCUT2D eigenvalue weighted by atomic mass is 35.5. The molecule has 0 saturated heterocycles. The Hall–Kier alpha value is -4.38. The molecule has 1 heterocycles. The van der Waals surface area contributed by atoms with Crippen molar-refractivity contribution < 1.29 is 27.5 Å². The Morgan fingerprint density at radius 1 is 0.848 bits per heavy atom. The van der Waals surface area contributed by atoms with E-state index in [0.29, 0.717) is 29.4 Å².